The molecule has 0 radical (unpaired) electrons. The quantitative estimate of drug-likeness (QED) is 0.304. The molecule has 7 rings (SSSR count). The van der Waals surface area contributed by atoms with Gasteiger partial charge >= 0.3 is 0 Å². The Bertz CT molecular complexity index is 1120. The number of ether oxygens (including phenoxy) is 1. The highest BCUT2D eigenvalue weighted by Crippen LogP contribution is 2.75. The second-order valence-corrected chi connectivity index (χ2v) is 15.6. The van der Waals surface area contributed by atoms with Crippen LogP contribution in [0.25, 0.3) is 0 Å². The Labute approximate surface area is 239 Å². The third-order valence-corrected chi connectivity index (χ3v) is 13.9. The molecule has 1 aliphatic heterocycles. The Hall–Kier alpha value is -1.05. The maximum atomic E-state index is 13.8. The van der Waals surface area contributed by atoms with Crippen LogP contribution in [-0.4, -0.2) is 61.8 Å². The van der Waals surface area contributed by atoms with E-state index in [0.717, 1.165) is 44.1 Å². The van der Waals surface area contributed by atoms with Crippen molar-refractivity contribution in [2.45, 2.75) is 128 Å². The lowest BCUT2D eigenvalue weighted by Crippen LogP contribution is -2.67. The van der Waals surface area contributed by atoms with Crippen molar-refractivity contribution in [3.63, 3.8) is 0 Å². The summed E-state index contributed by atoms with van der Waals surface area (Å²) < 4.78 is 6.36. The van der Waals surface area contributed by atoms with Crippen molar-refractivity contribution in [1.82, 2.24) is 0 Å². The van der Waals surface area contributed by atoms with Crippen molar-refractivity contribution in [3.05, 3.63) is 23.8 Å². The maximum Gasteiger partial charge on any atom is 0.159 e. The van der Waals surface area contributed by atoms with Crippen LogP contribution in [0.3, 0.4) is 0 Å². The number of carbonyl (C=O) groups excluding carboxylic acids is 1. The molecule has 13 atom stereocenters. The molecular formula is C34H50O6. The lowest BCUT2D eigenvalue weighted by Gasteiger charge is -2.65. The zero-order chi connectivity index (χ0) is 28.4. The van der Waals surface area contributed by atoms with Crippen molar-refractivity contribution in [2.24, 2.45) is 52.3 Å². The molecule has 1 heterocycles. The van der Waals surface area contributed by atoms with Gasteiger partial charge in [0.1, 0.15) is 11.7 Å². The Kier molecular flexibility index (Phi) is 6.23. The molecule has 0 aromatic rings. The molecule has 1 saturated heterocycles. The van der Waals surface area contributed by atoms with Crippen LogP contribution in [0.5, 0.6) is 0 Å². The lowest BCUT2D eigenvalue weighted by molar-refractivity contribution is -0.199. The van der Waals surface area contributed by atoms with Gasteiger partial charge in [-0.05, 0) is 98.0 Å². The third-order valence-electron chi connectivity index (χ3n) is 13.9. The summed E-state index contributed by atoms with van der Waals surface area (Å²) in [4.78, 5) is 13.8. The van der Waals surface area contributed by atoms with Crippen molar-refractivity contribution < 1.29 is 30.0 Å². The molecule has 6 heteroatoms. The molecule has 6 nitrogen and oxygen atoms in total. The number of rotatable bonds is 4. The standard InChI is InChI=1S/C34H50O6/c1-18(2)19(3)29-30(40-29)32(38)12-7-10-21-14-22-23(15-25(35)24-16-26(36)27(37)17-31(22,24)4)33(39)13-11-28(32)34(21,33)20-8-5-6-9-20/h7,10,15,18-22,24,26-30,36-39H,5-6,8-9,11-14,16-17H2,1-4H3. The molecule has 13 unspecified atom stereocenters. The number of allylic oxidation sites excluding steroid dienone is 2. The van der Waals surface area contributed by atoms with Gasteiger partial charge in [0.05, 0.1) is 23.9 Å². The molecule has 7 aliphatic rings. The van der Waals surface area contributed by atoms with Crippen LogP contribution in [-0.2, 0) is 9.53 Å². The van der Waals surface area contributed by atoms with Crippen molar-refractivity contribution in [2.75, 3.05) is 0 Å². The zero-order valence-corrected chi connectivity index (χ0v) is 24.8. The molecule has 0 spiro atoms. The molecular weight excluding hydrogens is 504 g/mol. The number of hydrogen-bond acceptors (Lipinski definition) is 6. The first kappa shape index (κ1) is 27.8. The number of epoxide rings is 1. The van der Waals surface area contributed by atoms with Gasteiger partial charge < -0.3 is 25.2 Å². The number of aliphatic hydroxyl groups excluding tert-OH is 2. The topological polar surface area (TPSA) is 111 Å². The largest absolute Gasteiger partial charge is 0.390 e. The monoisotopic (exact) mass is 554 g/mol. The zero-order valence-electron chi connectivity index (χ0n) is 24.8. The molecule has 40 heavy (non-hydrogen) atoms. The Balaban J connectivity index is 1.37. The van der Waals surface area contributed by atoms with Gasteiger partial charge in [0, 0.05) is 17.3 Å². The highest BCUT2D eigenvalue weighted by atomic mass is 16.6. The van der Waals surface area contributed by atoms with E-state index in [9.17, 15) is 25.2 Å². The van der Waals surface area contributed by atoms with E-state index < -0.39 is 34.2 Å². The molecule has 0 bridgehead atoms. The van der Waals surface area contributed by atoms with Gasteiger partial charge in [-0.2, -0.15) is 0 Å². The molecule has 0 aromatic heterocycles. The SMILES string of the molecule is CC(C)C(C)C1OC1C1(O)CC=CC2CC3C(=CC(=O)C4CC(O)C(O)CC43C)C3(O)CCC1C23C1CCCC1. The first-order chi connectivity index (χ1) is 18.9. The fraction of sp³-hybridized carbons (Fsp3) is 0.853. The summed E-state index contributed by atoms with van der Waals surface area (Å²) in [5, 5.41) is 47.3. The van der Waals surface area contributed by atoms with Crippen LogP contribution >= 0.6 is 0 Å². The van der Waals surface area contributed by atoms with Crippen LogP contribution in [0, 0.1) is 52.3 Å². The van der Waals surface area contributed by atoms with E-state index in [1.807, 2.05) is 0 Å². The van der Waals surface area contributed by atoms with Crippen LogP contribution in [0.4, 0.5) is 0 Å². The van der Waals surface area contributed by atoms with Gasteiger partial charge in [-0.15, -0.1) is 0 Å². The van der Waals surface area contributed by atoms with E-state index in [2.05, 4.69) is 39.8 Å². The first-order valence-electron chi connectivity index (χ1n) is 16.3. The summed E-state index contributed by atoms with van der Waals surface area (Å²) in [7, 11) is 0. The van der Waals surface area contributed by atoms with E-state index in [1.165, 1.54) is 0 Å². The van der Waals surface area contributed by atoms with E-state index in [1.54, 1.807) is 6.08 Å². The highest BCUT2D eigenvalue weighted by Gasteiger charge is 2.77. The molecule has 5 fully saturated rings. The molecule has 0 amide bonds. The van der Waals surface area contributed by atoms with E-state index in [0.29, 0.717) is 31.1 Å². The Morgan fingerprint density at radius 1 is 1.00 bits per heavy atom. The van der Waals surface area contributed by atoms with Crippen LogP contribution < -0.4 is 0 Å². The van der Waals surface area contributed by atoms with Gasteiger partial charge in [-0.25, -0.2) is 0 Å². The minimum atomic E-state index is -1.18. The van der Waals surface area contributed by atoms with Gasteiger partial charge in [0.15, 0.2) is 5.78 Å². The van der Waals surface area contributed by atoms with Gasteiger partial charge in [-0.3, -0.25) is 4.79 Å². The minimum absolute atomic E-state index is 0.00706. The number of aliphatic hydroxyl groups is 4. The molecule has 222 valence electrons. The number of fused-ring (bicyclic) bond motifs is 4. The van der Waals surface area contributed by atoms with Crippen molar-refractivity contribution in [1.29, 1.82) is 0 Å². The van der Waals surface area contributed by atoms with E-state index >= 15 is 0 Å². The molecule has 4 N–H and O–H groups in total. The number of hydrogen-bond donors (Lipinski definition) is 4. The second-order valence-electron chi connectivity index (χ2n) is 15.6. The summed E-state index contributed by atoms with van der Waals surface area (Å²) in [6, 6.07) is 0. The summed E-state index contributed by atoms with van der Waals surface area (Å²) in [6.45, 7) is 8.77. The second kappa shape index (κ2) is 8.98. The summed E-state index contributed by atoms with van der Waals surface area (Å²) >= 11 is 0. The van der Waals surface area contributed by atoms with Crippen LogP contribution in [0.2, 0.25) is 0 Å². The fourth-order valence-corrected chi connectivity index (χ4v) is 11.7. The lowest BCUT2D eigenvalue weighted by atomic mass is 9.40. The van der Waals surface area contributed by atoms with Gasteiger partial charge in [0.2, 0.25) is 0 Å². The smallest absolute Gasteiger partial charge is 0.159 e. The molecule has 0 aromatic carbocycles. The predicted octanol–water partition coefficient (Wildman–Crippen LogP) is 4.34. The van der Waals surface area contributed by atoms with Gasteiger partial charge in [0.25, 0.3) is 0 Å². The number of ketones is 1. The van der Waals surface area contributed by atoms with Crippen LogP contribution in [0.15, 0.2) is 23.8 Å². The predicted molar refractivity (Wildman–Crippen MR) is 151 cm³/mol. The third kappa shape index (κ3) is 3.38. The summed E-state index contributed by atoms with van der Waals surface area (Å²) in [6.07, 6.45) is 12.0. The summed E-state index contributed by atoms with van der Waals surface area (Å²) in [5.74, 6) is 0.676. The number of carbonyl (C=O) groups is 1. The summed E-state index contributed by atoms with van der Waals surface area (Å²) in [5.41, 5.74) is -2.41. The molecule has 6 aliphatic carbocycles. The average molecular weight is 555 g/mol. The molecule has 4 saturated carbocycles. The highest BCUT2D eigenvalue weighted by molar-refractivity contribution is 5.95. The Morgan fingerprint density at radius 2 is 1.73 bits per heavy atom. The first-order valence-corrected chi connectivity index (χ1v) is 16.3. The van der Waals surface area contributed by atoms with Gasteiger partial charge in [-0.1, -0.05) is 52.7 Å². The average Bonchev–Trinajstić information content (AvgIpc) is 3.42. The van der Waals surface area contributed by atoms with Crippen molar-refractivity contribution >= 4 is 5.78 Å². The van der Waals surface area contributed by atoms with E-state index in [-0.39, 0.29) is 54.0 Å². The normalized spacial score (nSPS) is 54.4. The van der Waals surface area contributed by atoms with Crippen molar-refractivity contribution in [3.8, 4) is 0 Å². The minimum Gasteiger partial charge on any atom is -0.390 e. The fourth-order valence-electron chi connectivity index (χ4n) is 11.7. The Morgan fingerprint density at radius 3 is 2.42 bits per heavy atom. The van der Waals surface area contributed by atoms with Crippen LogP contribution in [0.1, 0.15) is 91.9 Å². The maximum absolute atomic E-state index is 13.8. The van der Waals surface area contributed by atoms with E-state index in [4.69, 9.17) is 4.74 Å².